The maximum absolute atomic E-state index is 11.7. The fourth-order valence-corrected chi connectivity index (χ4v) is 2.77. The van der Waals surface area contributed by atoms with Crippen LogP contribution in [0.1, 0.15) is 0 Å². The lowest BCUT2D eigenvalue weighted by Gasteiger charge is -2.13. The fraction of sp³-hybridized carbons (Fsp3) is 0.231. The van der Waals surface area contributed by atoms with E-state index < -0.39 is 11.8 Å². The van der Waals surface area contributed by atoms with Crippen LogP contribution in [0.15, 0.2) is 18.2 Å². The maximum atomic E-state index is 11.7. The van der Waals surface area contributed by atoms with E-state index in [9.17, 15) is 19.2 Å². The molecule has 0 atom stereocenters. The van der Waals surface area contributed by atoms with E-state index in [2.05, 4.69) is 10.6 Å². The van der Waals surface area contributed by atoms with Crippen LogP contribution in [0.4, 0.5) is 10.5 Å². The molecule has 2 N–H and O–H groups in total. The van der Waals surface area contributed by atoms with E-state index in [0.717, 1.165) is 16.7 Å². The van der Waals surface area contributed by atoms with Crippen molar-refractivity contribution in [2.75, 3.05) is 24.2 Å². The molecule has 0 spiro atoms. The van der Waals surface area contributed by atoms with Gasteiger partial charge in [0.25, 0.3) is 5.24 Å². The molecule has 2 rings (SSSR count). The van der Waals surface area contributed by atoms with Crippen LogP contribution in [0, 0.1) is 0 Å². The Hall–Kier alpha value is -1.77. The predicted molar refractivity (Wildman–Crippen MR) is 87.7 cm³/mol. The van der Waals surface area contributed by atoms with Crippen molar-refractivity contribution in [1.29, 1.82) is 0 Å². The Labute approximate surface area is 145 Å². The number of thioether (sulfide) groups is 1. The van der Waals surface area contributed by atoms with Crippen LogP contribution < -0.4 is 10.6 Å². The van der Waals surface area contributed by atoms with Gasteiger partial charge in [-0.2, -0.15) is 0 Å². The molecule has 7 nitrogen and oxygen atoms in total. The third-order valence-electron chi connectivity index (χ3n) is 2.85. The van der Waals surface area contributed by atoms with Crippen LogP contribution in [0.25, 0.3) is 0 Å². The third kappa shape index (κ3) is 4.60. The van der Waals surface area contributed by atoms with Gasteiger partial charge in [0.05, 0.1) is 15.8 Å². The lowest BCUT2D eigenvalue weighted by Crippen LogP contribution is -2.41. The minimum absolute atomic E-state index is 0.00827. The van der Waals surface area contributed by atoms with Gasteiger partial charge in [0.2, 0.25) is 5.91 Å². The lowest BCUT2D eigenvalue weighted by molar-refractivity contribution is -0.136. The second-order valence-electron chi connectivity index (χ2n) is 4.44. The van der Waals surface area contributed by atoms with Gasteiger partial charge < -0.3 is 10.6 Å². The molecule has 4 amide bonds. The fourth-order valence-electron chi connectivity index (χ4n) is 1.72. The summed E-state index contributed by atoms with van der Waals surface area (Å²) in [6.07, 6.45) is 0. The van der Waals surface area contributed by atoms with Crippen molar-refractivity contribution < 1.29 is 19.2 Å². The molecule has 1 aromatic rings. The number of anilines is 1. The van der Waals surface area contributed by atoms with Crippen LogP contribution in [0.3, 0.4) is 0 Å². The van der Waals surface area contributed by atoms with E-state index in [-0.39, 0.29) is 35.0 Å². The van der Waals surface area contributed by atoms with Gasteiger partial charge in [0, 0.05) is 18.8 Å². The van der Waals surface area contributed by atoms with E-state index in [4.69, 9.17) is 23.2 Å². The summed E-state index contributed by atoms with van der Waals surface area (Å²) in [5.74, 6) is -1.99. The van der Waals surface area contributed by atoms with Gasteiger partial charge in [-0.25, -0.2) is 0 Å². The Kier molecular flexibility index (Phi) is 5.86. The number of benzene rings is 1. The van der Waals surface area contributed by atoms with E-state index in [1.165, 1.54) is 18.2 Å². The van der Waals surface area contributed by atoms with Crippen molar-refractivity contribution in [3.05, 3.63) is 28.2 Å². The summed E-state index contributed by atoms with van der Waals surface area (Å²) in [4.78, 5) is 47.1. The highest BCUT2D eigenvalue weighted by Crippen LogP contribution is 2.24. The Balaban J connectivity index is 1.81. The number of amides is 4. The van der Waals surface area contributed by atoms with Gasteiger partial charge in [-0.1, -0.05) is 35.0 Å². The summed E-state index contributed by atoms with van der Waals surface area (Å²) in [6, 6.07) is 4.39. The standard InChI is InChI=1S/C13H11Cl2N3O4S/c14-8-2-1-7(5-9(8)15)17-12(21)11(20)16-3-4-18-10(19)6-23-13(18)22/h1-2,5H,3-4,6H2,(H,16,20)(H,17,21). The first kappa shape index (κ1) is 17.6. The number of imide groups is 1. The molecular formula is C13H11Cl2N3O4S. The molecule has 1 aliphatic rings. The molecule has 0 bridgehead atoms. The number of nitrogens with one attached hydrogen (secondary N) is 2. The van der Waals surface area contributed by atoms with Crippen molar-refractivity contribution >= 4 is 63.6 Å². The smallest absolute Gasteiger partial charge is 0.313 e. The monoisotopic (exact) mass is 375 g/mol. The highest BCUT2D eigenvalue weighted by atomic mass is 35.5. The van der Waals surface area contributed by atoms with Crippen LogP contribution in [-0.4, -0.2) is 46.7 Å². The predicted octanol–water partition coefficient (Wildman–Crippen LogP) is 1.74. The zero-order valence-corrected chi connectivity index (χ0v) is 13.9. The molecule has 0 saturated carbocycles. The largest absolute Gasteiger partial charge is 0.346 e. The van der Waals surface area contributed by atoms with Crippen LogP contribution in [0.2, 0.25) is 10.0 Å². The van der Waals surface area contributed by atoms with E-state index in [1.54, 1.807) is 0 Å². The van der Waals surface area contributed by atoms with Crippen molar-refractivity contribution in [2.24, 2.45) is 0 Å². The maximum Gasteiger partial charge on any atom is 0.313 e. The van der Waals surface area contributed by atoms with Gasteiger partial charge in [0.15, 0.2) is 0 Å². The van der Waals surface area contributed by atoms with Crippen molar-refractivity contribution in [2.45, 2.75) is 0 Å². The van der Waals surface area contributed by atoms with Gasteiger partial charge in [0.1, 0.15) is 0 Å². The first-order chi connectivity index (χ1) is 10.9. The third-order valence-corrected chi connectivity index (χ3v) is 4.44. The molecule has 1 fully saturated rings. The van der Waals surface area contributed by atoms with Crippen LogP contribution in [0.5, 0.6) is 0 Å². The second-order valence-corrected chi connectivity index (χ2v) is 6.18. The molecule has 122 valence electrons. The zero-order chi connectivity index (χ0) is 17.0. The van der Waals surface area contributed by atoms with Crippen molar-refractivity contribution in [3.63, 3.8) is 0 Å². The first-order valence-corrected chi connectivity index (χ1v) is 8.14. The Morgan fingerprint density at radius 1 is 1.17 bits per heavy atom. The molecular weight excluding hydrogens is 365 g/mol. The lowest BCUT2D eigenvalue weighted by atomic mass is 10.3. The summed E-state index contributed by atoms with van der Waals surface area (Å²) in [6.45, 7) is 0.0160. The number of rotatable bonds is 4. The summed E-state index contributed by atoms with van der Waals surface area (Å²) >= 11 is 12.5. The summed E-state index contributed by atoms with van der Waals surface area (Å²) in [5, 5.41) is 4.90. The first-order valence-electron chi connectivity index (χ1n) is 6.40. The van der Waals surface area contributed by atoms with Crippen LogP contribution >= 0.6 is 35.0 Å². The topological polar surface area (TPSA) is 95.6 Å². The Morgan fingerprint density at radius 3 is 2.52 bits per heavy atom. The summed E-state index contributed by atoms with van der Waals surface area (Å²) < 4.78 is 0. The zero-order valence-electron chi connectivity index (χ0n) is 11.6. The average molecular weight is 376 g/mol. The Morgan fingerprint density at radius 2 is 1.91 bits per heavy atom. The van der Waals surface area contributed by atoms with Gasteiger partial charge in [-0.3, -0.25) is 24.1 Å². The number of carbonyl (C=O) groups is 4. The Bertz CT molecular complexity index is 667. The van der Waals surface area contributed by atoms with E-state index in [0.29, 0.717) is 10.7 Å². The highest BCUT2D eigenvalue weighted by Gasteiger charge is 2.29. The quantitative estimate of drug-likeness (QED) is 0.781. The number of halogens is 2. The second kappa shape index (κ2) is 7.67. The van der Waals surface area contributed by atoms with Crippen molar-refractivity contribution in [3.8, 4) is 0 Å². The van der Waals surface area contributed by atoms with Gasteiger partial charge >= 0.3 is 11.8 Å². The van der Waals surface area contributed by atoms with Crippen LogP contribution in [-0.2, 0) is 14.4 Å². The SMILES string of the molecule is O=C(NCCN1C(=O)CSC1=O)C(=O)Nc1ccc(Cl)c(Cl)c1. The number of nitrogens with zero attached hydrogens (tertiary/aromatic N) is 1. The molecule has 0 unspecified atom stereocenters. The molecule has 0 radical (unpaired) electrons. The summed E-state index contributed by atoms with van der Waals surface area (Å²) in [7, 11) is 0. The molecule has 1 aliphatic heterocycles. The average Bonchev–Trinajstić information content (AvgIpc) is 2.82. The molecule has 1 heterocycles. The number of carbonyl (C=O) groups excluding carboxylic acids is 4. The normalized spacial score (nSPS) is 14.1. The molecule has 23 heavy (non-hydrogen) atoms. The molecule has 0 aromatic heterocycles. The molecule has 10 heteroatoms. The minimum Gasteiger partial charge on any atom is -0.346 e. The number of hydrogen-bond donors (Lipinski definition) is 2. The van der Waals surface area contributed by atoms with E-state index in [1.807, 2.05) is 0 Å². The highest BCUT2D eigenvalue weighted by molar-refractivity contribution is 8.14. The minimum atomic E-state index is -0.892. The molecule has 0 aliphatic carbocycles. The van der Waals surface area contributed by atoms with Crippen molar-refractivity contribution in [1.82, 2.24) is 10.2 Å². The summed E-state index contributed by atoms with van der Waals surface area (Å²) in [5.41, 5.74) is 0.320. The molecule has 1 aromatic carbocycles. The van der Waals surface area contributed by atoms with E-state index >= 15 is 0 Å². The van der Waals surface area contributed by atoms with Gasteiger partial charge in [-0.15, -0.1) is 0 Å². The van der Waals surface area contributed by atoms with Gasteiger partial charge in [-0.05, 0) is 18.2 Å². The number of hydrogen-bond acceptors (Lipinski definition) is 5. The molecule has 1 saturated heterocycles.